The van der Waals surface area contributed by atoms with Gasteiger partial charge in [-0.05, 0) is 12.8 Å². The Bertz CT molecular complexity index is 132. The Hall–Kier alpha value is -0.570. The van der Waals surface area contributed by atoms with Crippen molar-refractivity contribution in [2.75, 3.05) is 14.1 Å². The Morgan fingerprint density at radius 3 is 2.27 bits per heavy atom. The van der Waals surface area contributed by atoms with E-state index in [1.54, 1.807) is 5.01 Å². The van der Waals surface area contributed by atoms with Crippen LogP contribution in [0, 0.1) is 0 Å². The molecular weight excluding hydrogens is 140 g/mol. The van der Waals surface area contributed by atoms with Crippen molar-refractivity contribution in [3.05, 3.63) is 0 Å². The van der Waals surface area contributed by atoms with Gasteiger partial charge < -0.3 is 10.1 Å². The third-order valence-electron chi connectivity index (χ3n) is 1.46. The van der Waals surface area contributed by atoms with Crippen LogP contribution in [-0.4, -0.2) is 36.0 Å². The van der Waals surface area contributed by atoms with Crippen LogP contribution in [0.1, 0.15) is 26.7 Å². The standard InChI is InChI=1S/C8H18N2O/c1-5-7(8(11)6-2)9-10(3)4/h8,11H,5-6H2,1-4H3. The molecule has 0 saturated carbocycles. The van der Waals surface area contributed by atoms with Gasteiger partial charge in [0.25, 0.3) is 0 Å². The molecule has 0 aromatic carbocycles. The number of nitrogens with zero attached hydrogens (tertiary/aromatic N) is 2. The second kappa shape index (κ2) is 5.13. The normalized spacial score (nSPS) is 14.8. The molecule has 0 spiro atoms. The van der Waals surface area contributed by atoms with E-state index in [2.05, 4.69) is 5.10 Å². The van der Waals surface area contributed by atoms with Gasteiger partial charge in [-0.2, -0.15) is 5.10 Å². The van der Waals surface area contributed by atoms with Crippen LogP contribution in [0.3, 0.4) is 0 Å². The van der Waals surface area contributed by atoms with E-state index in [1.165, 1.54) is 0 Å². The van der Waals surface area contributed by atoms with Gasteiger partial charge in [-0.1, -0.05) is 13.8 Å². The number of hydrogen-bond acceptors (Lipinski definition) is 3. The quantitative estimate of drug-likeness (QED) is 0.491. The zero-order chi connectivity index (χ0) is 8.85. The van der Waals surface area contributed by atoms with Gasteiger partial charge in [0.15, 0.2) is 0 Å². The van der Waals surface area contributed by atoms with Crippen molar-refractivity contribution in [1.82, 2.24) is 5.01 Å². The van der Waals surface area contributed by atoms with E-state index in [4.69, 9.17) is 0 Å². The van der Waals surface area contributed by atoms with Gasteiger partial charge in [-0.3, -0.25) is 0 Å². The van der Waals surface area contributed by atoms with E-state index in [-0.39, 0.29) is 6.10 Å². The van der Waals surface area contributed by atoms with E-state index in [1.807, 2.05) is 27.9 Å². The van der Waals surface area contributed by atoms with Crippen molar-refractivity contribution >= 4 is 5.71 Å². The molecular formula is C8H18N2O. The minimum atomic E-state index is -0.373. The maximum Gasteiger partial charge on any atom is 0.0935 e. The minimum Gasteiger partial charge on any atom is -0.387 e. The average molecular weight is 158 g/mol. The number of hydrogen-bond donors (Lipinski definition) is 1. The van der Waals surface area contributed by atoms with Crippen molar-refractivity contribution in [2.24, 2.45) is 5.10 Å². The summed E-state index contributed by atoms with van der Waals surface area (Å²) in [4.78, 5) is 0. The highest BCUT2D eigenvalue weighted by Crippen LogP contribution is 1.99. The molecule has 0 aliphatic heterocycles. The number of rotatable bonds is 4. The number of aliphatic hydroxyl groups excluding tert-OH is 1. The molecule has 0 radical (unpaired) electrons. The molecule has 11 heavy (non-hydrogen) atoms. The maximum atomic E-state index is 9.41. The first-order valence-corrected chi connectivity index (χ1v) is 4.04. The lowest BCUT2D eigenvalue weighted by Crippen LogP contribution is -2.21. The summed E-state index contributed by atoms with van der Waals surface area (Å²) in [5, 5.41) is 15.3. The summed E-state index contributed by atoms with van der Waals surface area (Å²) in [6.45, 7) is 3.95. The smallest absolute Gasteiger partial charge is 0.0935 e. The van der Waals surface area contributed by atoms with Crippen LogP contribution in [0.4, 0.5) is 0 Å². The first-order chi connectivity index (χ1) is 5.11. The number of aliphatic hydroxyl groups is 1. The van der Waals surface area contributed by atoms with Crippen LogP contribution in [0.15, 0.2) is 5.10 Å². The van der Waals surface area contributed by atoms with E-state index in [0.29, 0.717) is 0 Å². The SMILES string of the molecule is CCC(=NN(C)C)C(O)CC. The van der Waals surface area contributed by atoms with Crippen molar-refractivity contribution in [3.8, 4) is 0 Å². The van der Waals surface area contributed by atoms with Crippen LogP contribution in [-0.2, 0) is 0 Å². The Balaban J connectivity index is 4.14. The third-order valence-corrected chi connectivity index (χ3v) is 1.46. The second-order valence-corrected chi connectivity index (χ2v) is 2.72. The van der Waals surface area contributed by atoms with Crippen molar-refractivity contribution in [1.29, 1.82) is 0 Å². The van der Waals surface area contributed by atoms with E-state index in [0.717, 1.165) is 18.6 Å². The van der Waals surface area contributed by atoms with Gasteiger partial charge in [-0.15, -0.1) is 0 Å². The lowest BCUT2D eigenvalue weighted by atomic mass is 10.1. The topological polar surface area (TPSA) is 35.8 Å². The summed E-state index contributed by atoms with van der Waals surface area (Å²) < 4.78 is 0. The van der Waals surface area contributed by atoms with Crippen LogP contribution in [0.2, 0.25) is 0 Å². The Labute approximate surface area is 68.7 Å². The molecule has 0 rings (SSSR count). The second-order valence-electron chi connectivity index (χ2n) is 2.72. The highest BCUT2D eigenvalue weighted by atomic mass is 16.3. The predicted molar refractivity (Wildman–Crippen MR) is 47.7 cm³/mol. The maximum absolute atomic E-state index is 9.41. The summed E-state index contributed by atoms with van der Waals surface area (Å²) in [6, 6.07) is 0. The molecule has 0 saturated heterocycles. The first-order valence-electron chi connectivity index (χ1n) is 4.04. The molecule has 0 aliphatic rings. The van der Waals surface area contributed by atoms with Crippen LogP contribution < -0.4 is 0 Å². The molecule has 0 aromatic rings. The summed E-state index contributed by atoms with van der Waals surface area (Å²) >= 11 is 0. The molecule has 0 aromatic heterocycles. The van der Waals surface area contributed by atoms with Crippen molar-refractivity contribution in [3.63, 3.8) is 0 Å². The molecule has 1 atom stereocenters. The van der Waals surface area contributed by atoms with Crippen LogP contribution in [0.25, 0.3) is 0 Å². The molecule has 0 fully saturated rings. The highest BCUT2D eigenvalue weighted by molar-refractivity contribution is 5.87. The Kier molecular flexibility index (Phi) is 4.86. The fourth-order valence-electron chi connectivity index (χ4n) is 0.865. The van der Waals surface area contributed by atoms with Gasteiger partial charge in [0, 0.05) is 14.1 Å². The zero-order valence-corrected chi connectivity index (χ0v) is 7.83. The minimum absolute atomic E-state index is 0.373. The van der Waals surface area contributed by atoms with Crippen molar-refractivity contribution in [2.45, 2.75) is 32.8 Å². The largest absolute Gasteiger partial charge is 0.387 e. The molecule has 0 aliphatic carbocycles. The highest BCUT2D eigenvalue weighted by Gasteiger charge is 2.07. The summed E-state index contributed by atoms with van der Waals surface area (Å²) in [6.07, 6.45) is 1.18. The zero-order valence-electron chi connectivity index (χ0n) is 7.83. The van der Waals surface area contributed by atoms with Gasteiger partial charge in [0.05, 0.1) is 11.8 Å². The summed E-state index contributed by atoms with van der Waals surface area (Å²) in [5.74, 6) is 0. The molecule has 66 valence electrons. The molecule has 3 heteroatoms. The van der Waals surface area contributed by atoms with Gasteiger partial charge >= 0.3 is 0 Å². The van der Waals surface area contributed by atoms with E-state index in [9.17, 15) is 5.11 Å². The fraction of sp³-hybridized carbons (Fsp3) is 0.875. The number of hydrazone groups is 1. The third kappa shape index (κ3) is 3.98. The van der Waals surface area contributed by atoms with Gasteiger partial charge in [0.1, 0.15) is 0 Å². The molecule has 3 nitrogen and oxygen atoms in total. The fourth-order valence-corrected chi connectivity index (χ4v) is 0.865. The molecule has 1 unspecified atom stereocenters. The van der Waals surface area contributed by atoms with Crippen molar-refractivity contribution < 1.29 is 5.11 Å². The Morgan fingerprint density at radius 1 is 1.45 bits per heavy atom. The average Bonchev–Trinajstić information content (AvgIpc) is 1.98. The first kappa shape index (κ1) is 10.4. The van der Waals surface area contributed by atoms with Crippen LogP contribution >= 0.6 is 0 Å². The lowest BCUT2D eigenvalue weighted by molar-refractivity contribution is 0.231. The molecule has 1 N–H and O–H groups in total. The van der Waals surface area contributed by atoms with E-state index < -0.39 is 0 Å². The van der Waals surface area contributed by atoms with Gasteiger partial charge in [-0.25, -0.2) is 0 Å². The monoisotopic (exact) mass is 158 g/mol. The Morgan fingerprint density at radius 2 is 2.00 bits per heavy atom. The van der Waals surface area contributed by atoms with Gasteiger partial charge in [0.2, 0.25) is 0 Å². The molecule has 0 amide bonds. The summed E-state index contributed by atoms with van der Waals surface area (Å²) in [5.41, 5.74) is 0.859. The summed E-state index contributed by atoms with van der Waals surface area (Å²) in [7, 11) is 3.72. The van der Waals surface area contributed by atoms with Crippen LogP contribution in [0.5, 0.6) is 0 Å². The molecule has 0 heterocycles. The van der Waals surface area contributed by atoms with E-state index >= 15 is 0 Å². The predicted octanol–water partition coefficient (Wildman–Crippen LogP) is 1.08. The molecule has 0 bridgehead atoms. The lowest BCUT2D eigenvalue weighted by Gasteiger charge is -2.13.